The standard InChI is InChI=1S/C16H14N2O4S/c1-21-13-7-5-6-12(10-13)16-17-15(18-22-16)11-23(19,20)14-8-3-2-4-9-14/h2-10H,11H2,1H3. The van der Waals surface area contributed by atoms with E-state index in [1.165, 1.54) is 0 Å². The van der Waals surface area contributed by atoms with Crippen LogP contribution in [0.2, 0.25) is 0 Å². The number of sulfone groups is 1. The van der Waals surface area contributed by atoms with Crippen molar-refractivity contribution in [3.63, 3.8) is 0 Å². The van der Waals surface area contributed by atoms with E-state index in [0.29, 0.717) is 11.3 Å². The molecular formula is C16H14N2O4S. The van der Waals surface area contributed by atoms with Crippen LogP contribution in [0.5, 0.6) is 5.75 Å². The van der Waals surface area contributed by atoms with E-state index in [2.05, 4.69) is 10.1 Å². The third kappa shape index (κ3) is 3.40. The minimum absolute atomic E-state index is 0.117. The number of hydrogen-bond acceptors (Lipinski definition) is 6. The van der Waals surface area contributed by atoms with Crippen LogP contribution in [-0.2, 0) is 15.6 Å². The molecule has 0 aliphatic rings. The summed E-state index contributed by atoms with van der Waals surface area (Å²) in [7, 11) is -1.94. The molecular weight excluding hydrogens is 316 g/mol. The summed E-state index contributed by atoms with van der Waals surface area (Å²) >= 11 is 0. The lowest BCUT2D eigenvalue weighted by molar-refractivity contribution is 0.412. The first kappa shape index (κ1) is 15.2. The van der Waals surface area contributed by atoms with Crippen molar-refractivity contribution < 1.29 is 17.7 Å². The van der Waals surface area contributed by atoms with Gasteiger partial charge < -0.3 is 9.26 Å². The van der Waals surface area contributed by atoms with Crippen LogP contribution in [0.1, 0.15) is 5.82 Å². The van der Waals surface area contributed by atoms with E-state index >= 15 is 0 Å². The molecule has 7 heteroatoms. The Labute approximate surface area is 133 Å². The third-order valence-electron chi connectivity index (χ3n) is 3.21. The molecule has 118 valence electrons. The quantitative estimate of drug-likeness (QED) is 0.715. The first-order valence-electron chi connectivity index (χ1n) is 6.83. The number of methoxy groups -OCH3 is 1. The van der Waals surface area contributed by atoms with Gasteiger partial charge in [0.1, 0.15) is 11.5 Å². The van der Waals surface area contributed by atoms with Gasteiger partial charge in [0.25, 0.3) is 5.89 Å². The zero-order valence-corrected chi connectivity index (χ0v) is 13.2. The molecule has 0 saturated heterocycles. The van der Waals surface area contributed by atoms with Gasteiger partial charge in [0.05, 0.1) is 12.0 Å². The van der Waals surface area contributed by atoms with Crippen LogP contribution in [0, 0.1) is 0 Å². The molecule has 1 aromatic heterocycles. The van der Waals surface area contributed by atoms with Crippen LogP contribution in [0.15, 0.2) is 64.0 Å². The maximum atomic E-state index is 12.3. The first-order chi connectivity index (χ1) is 11.1. The molecule has 0 aliphatic carbocycles. The summed E-state index contributed by atoms with van der Waals surface area (Å²) in [5.41, 5.74) is 0.667. The molecule has 1 heterocycles. The van der Waals surface area contributed by atoms with Crippen molar-refractivity contribution in [1.29, 1.82) is 0 Å². The van der Waals surface area contributed by atoms with Crippen molar-refractivity contribution in [1.82, 2.24) is 10.1 Å². The average Bonchev–Trinajstić information content (AvgIpc) is 3.03. The summed E-state index contributed by atoms with van der Waals surface area (Å²) in [5, 5.41) is 3.75. The summed E-state index contributed by atoms with van der Waals surface area (Å²) in [6.45, 7) is 0. The number of nitrogens with zero attached hydrogens (tertiary/aromatic N) is 2. The van der Waals surface area contributed by atoms with Gasteiger partial charge in [-0.3, -0.25) is 0 Å². The van der Waals surface area contributed by atoms with E-state index in [1.807, 2.05) is 0 Å². The molecule has 0 N–H and O–H groups in total. The van der Waals surface area contributed by atoms with Gasteiger partial charge in [-0.1, -0.05) is 29.4 Å². The van der Waals surface area contributed by atoms with E-state index in [4.69, 9.17) is 9.26 Å². The van der Waals surface area contributed by atoms with E-state index in [9.17, 15) is 8.42 Å². The molecule has 0 atom stereocenters. The van der Waals surface area contributed by atoms with Crippen molar-refractivity contribution in [2.75, 3.05) is 7.11 Å². The van der Waals surface area contributed by atoms with Gasteiger partial charge >= 0.3 is 0 Å². The molecule has 6 nitrogen and oxygen atoms in total. The van der Waals surface area contributed by atoms with Crippen molar-refractivity contribution in [3.05, 3.63) is 60.4 Å². The summed E-state index contributed by atoms with van der Waals surface area (Å²) in [4.78, 5) is 4.38. The van der Waals surface area contributed by atoms with E-state index in [0.717, 1.165) is 0 Å². The Hall–Kier alpha value is -2.67. The van der Waals surface area contributed by atoms with Gasteiger partial charge in [-0.05, 0) is 30.3 Å². The minimum Gasteiger partial charge on any atom is -0.497 e. The number of ether oxygens (including phenoxy) is 1. The number of rotatable bonds is 5. The molecule has 0 fully saturated rings. The summed E-state index contributed by atoms with van der Waals surface area (Å²) in [6.07, 6.45) is 0. The zero-order valence-electron chi connectivity index (χ0n) is 12.3. The fourth-order valence-corrected chi connectivity index (χ4v) is 3.26. The average molecular weight is 330 g/mol. The van der Waals surface area contributed by atoms with Crippen LogP contribution in [-0.4, -0.2) is 25.7 Å². The monoisotopic (exact) mass is 330 g/mol. The minimum atomic E-state index is -3.50. The predicted molar refractivity (Wildman–Crippen MR) is 83.6 cm³/mol. The van der Waals surface area contributed by atoms with Crippen molar-refractivity contribution in [3.8, 4) is 17.2 Å². The Morgan fingerprint density at radius 3 is 2.61 bits per heavy atom. The smallest absolute Gasteiger partial charge is 0.258 e. The fourth-order valence-electron chi connectivity index (χ4n) is 2.07. The Morgan fingerprint density at radius 1 is 1.09 bits per heavy atom. The normalized spacial score (nSPS) is 11.3. The summed E-state index contributed by atoms with van der Waals surface area (Å²) in [6, 6.07) is 15.3. The molecule has 0 radical (unpaired) electrons. The first-order valence-corrected chi connectivity index (χ1v) is 8.48. The number of hydrogen-bond donors (Lipinski definition) is 0. The molecule has 0 aliphatic heterocycles. The molecule has 3 aromatic rings. The summed E-state index contributed by atoms with van der Waals surface area (Å²) < 4.78 is 34.9. The molecule has 0 saturated carbocycles. The second-order valence-corrected chi connectivity index (χ2v) is 6.81. The molecule has 0 unspecified atom stereocenters. The zero-order chi connectivity index (χ0) is 16.3. The number of aromatic nitrogens is 2. The molecule has 0 amide bonds. The van der Waals surface area contributed by atoms with Gasteiger partial charge in [-0.2, -0.15) is 4.98 Å². The van der Waals surface area contributed by atoms with Crippen LogP contribution in [0.3, 0.4) is 0 Å². The van der Waals surface area contributed by atoms with Crippen LogP contribution in [0.25, 0.3) is 11.5 Å². The van der Waals surface area contributed by atoms with Crippen molar-refractivity contribution in [2.45, 2.75) is 10.6 Å². The topological polar surface area (TPSA) is 82.3 Å². The molecule has 0 bridgehead atoms. The SMILES string of the molecule is COc1cccc(-c2nc(CS(=O)(=O)c3ccccc3)no2)c1. The third-order valence-corrected chi connectivity index (χ3v) is 4.83. The van der Waals surface area contributed by atoms with Gasteiger partial charge in [0.15, 0.2) is 15.7 Å². The van der Waals surface area contributed by atoms with Crippen molar-refractivity contribution in [2.24, 2.45) is 0 Å². The van der Waals surface area contributed by atoms with Gasteiger partial charge in [0, 0.05) is 5.56 Å². The highest BCUT2D eigenvalue weighted by Gasteiger charge is 2.19. The molecule has 2 aromatic carbocycles. The molecule has 0 spiro atoms. The van der Waals surface area contributed by atoms with E-state index in [-0.39, 0.29) is 22.4 Å². The van der Waals surface area contributed by atoms with Crippen LogP contribution in [0.4, 0.5) is 0 Å². The molecule has 3 rings (SSSR count). The lowest BCUT2D eigenvalue weighted by Gasteiger charge is -2.00. The van der Waals surface area contributed by atoms with E-state index in [1.54, 1.807) is 61.7 Å². The Kier molecular flexibility index (Phi) is 4.12. The van der Waals surface area contributed by atoms with Gasteiger partial charge in [0.2, 0.25) is 0 Å². The van der Waals surface area contributed by atoms with Gasteiger partial charge in [-0.25, -0.2) is 8.42 Å². The highest BCUT2D eigenvalue weighted by Crippen LogP contribution is 2.23. The largest absolute Gasteiger partial charge is 0.497 e. The maximum Gasteiger partial charge on any atom is 0.258 e. The summed E-state index contributed by atoms with van der Waals surface area (Å²) in [5.74, 6) is 0.706. The lowest BCUT2D eigenvalue weighted by atomic mass is 10.2. The Morgan fingerprint density at radius 2 is 1.87 bits per heavy atom. The predicted octanol–water partition coefficient (Wildman–Crippen LogP) is 2.72. The highest BCUT2D eigenvalue weighted by atomic mass is 32.2. The highest BCUT2D eigenvalue weighted by molar-refractivity contribution is 7.90. The lowest BCUT2D eigenvalue weighted by Crippen LogP contribution is -2.06. The van der Waals surface area contributed by atoms with Crippen LogP contribution < -0.4 is 4.74 Å². The Bertz CT molecular complexity index is 905. The maximum absolute atomic E-state index is 12.3. The van der Waals surface area contributed by atoms with Crippen molar-refractivity contribution >= 4 is 9.84 Å². The number of benzene rings is 2. The second kappa shape index (κ2) is 6.21. The Balaban J connectivity index is 1.85. The fraction of sp³-hybridized carbons (Fsp3) is 0.125. The second-order valence-electron chi connectivity index (χ2n) is 4.82. The van der Waals surface area contributed by atoms with Gasteiger partial charge in [-0.15, -0.1) is 0 Å². The molecule has 23 heavy (non-hydrogen) atoms. The van der Waals surface area contributed by atoms with E-state index < -0.39 is 9.84 Å². The van der Waals surface area contributed by atoms with Crippen LogP contribution >= 0.6 is 0 Å².